The molecule has 6 rings (SSSR count). The van der Waals surface area contributed by atoms with Crippen molar-refractivity contribution in [2.75, 3.05) is 31.5 Å². The van der Waals surface area contributed by atoms with E-state index in [0.717, 1.165) is 5.39 Å². The molecule has 0 saturated carbocycles. The summed E-state index contributed by atoms with van der Waals surface area (Å²) in [4.78, 5) is 26.3. The Bertz CT molecular complexity index is 2070. The minimum absolute atomic E-state index is 0.102. The van der Waals surface area contributed by atoms with Gasteiger partial charge >= 0.3 is 13.7 Å². The van der Waals surface area contributed by atoms with Gasteiger partial charge in [0.25, 0.3) is 0 Å². The first-order valence-corrected chi connectivity index (χ1v) is 19.7. The molecule has 0 aliphatic carbocycles. The number of thioether (sulfide) groups is 1. The highest BCUT2D eigenvalue weighted by atomic mass is 127. The molecule has 5 N–H and O–H groups in total. The molecule has 0 bridgehead atoms. The number of nitrogens with one attached hydrogen (secondary N) is 1. The maximum atomic E-state index is 14.8. The van der Waals surface area contributed by atoms with Crippen molar-refractivity contribution in [2.24, 2.45) is 0 Å². The Morgan fingerprint density at radius 3 is 2.61 bits per heavy atom. The van der Waals surface area contributed by atoms with Crippen LogP contribution in [0.15, 0.2) is 72.8 Å². The summed E-state index contributed by atoms with van der Waals surface area (Å²) in [6.07, 6.45) is -1.95. The molecule has 1 aliphatic rings. The van der Waals surface area contributed by atoms with E-state index in [1.165, 1.54) is 30.4 Å². The number of rotatable bonds is 14. The van der Waals surface area contributed by atoms with Crippen LogP contribution in [-0.4, -0.2) is 85.3 Å². The topological polar surface area (TPSA) is 202 Å². The molecule has 1 aliphatic heterocycles. The van der Waals surface area contributed by atoms with Crippen molar-refractivity contribution in [3.63, 3.8) is 0 Å². The second-order valence-corrected chi connectivity index (χ2v) is 15.4. The lowest BCUT2D eigenvalue weighted by atomic mass is 9.96. The van der Waals surface area contributed by atoms with Gasteiger partial charge in [-0.1, -0.05) is 54.6 Å². The number of methoxy groups -OCH3 is 1. The lowest BCUT2D eigenvalue weighted by Crippen LogP contribution is -2.45. The molecular weight excluding hydrogens is 814 g/mol. The molecule has 1 fully saturated rings. The number of hydrogen-bond donors (Lipinski definition) is 4. The van der Waals surface area contributed by atoms with E-state index in [1.807, 2.05) is 53.1 Å². The fourth-order valence-corrected chi connectivity index (χ4v) is 8.40. The number of esters is 1. The Balaban J connectivity index is 1.31. The number of aliphatic hydroxyl groups excluding tert-OH is 1. The molecule has 0 amide bonds. The van der Waals surface area contributed by atoms with Gasteiger partial charge in [-0.15, -0.1) is 0 Å². The quantitative estimate of drug-likeness (QED) is 0.0393. The molecule has 2 aromatic heterocycles. The number of aliphatic hydroxyl groups is 2. The summed E-state index contributed by atoms with van der Waals surface area (Å²) in [5.74, 6) is 0.375. The highest BCUT2D eigenvalue weighted by Gasteiger charge is 2.55. The number of aromatic nitrogens is 4. The normalized spacial score (nSPS) is 22.1. The number of carbonyl (C=O) groups excluding carboxylic acids is 1. The molecule has 3 heterocycles. The van der Waals surface area contributed by atoms with Crippen LogP contribution in [0.3, 0.4) is 0 Å². The van der Waals surface area contributed by atoms with Crippen LogP contribution in [0.4, 0.5) is 5.95 Å². The van der Waals surface area contributed by atoms with E-state index in [0.29, 0.717) is 20.7 Å². The van der Waals surface area contributed by atoms with Gasteiger partial charge in [0, 0.05) is 28.0 Å². The number of benzene rings is 3. The van der Waals surface area contributed by atoms with E-state index in [4.69, 9.17) is 29.0 Å². The summed E-state index contributed by atoms with van der Waals surface area (Å²) in [6, 6.07) is 20.0. The summed E-state index contributed by atoms with van der Waals surface area (Å²) in [5, 5.41) is 27.3. The van der Waals surface area contributed by atoms with E-state index in [-0.39, 0.29) is 35.2 Å². The molecule has 18 heteroatoms. The number of nitrogens with two attached hydrogens (primary N) is 1. The van der Waals surface area contributed by atoms with E-state index in [1.54, 1.807) is 48.5 Å². The average molecular weight is 851 g/mol. The predicted molar refractivity (Wildman–Crippen MR) is 200 cm³/mol. The minimum atomic E-state index is -4.47. The van der Waals surface area contributed by atoms with Crippen LogP contribution in [0.2, 0.25) is 0 Å². The van der Waals surface area contributed by atoms with Crippen LogP contribution in [0.1, 0.15) is 19.6 Å². The SMILES string of the molecule is COc1nc(N)nc2c1nc(I)n2[C@@H]1O[C@H](COP(=O)(N[C@@H](CCSC)C(=O)Oc2ccccc2)Oc2cccc3ccccc23)[C@@H](O)[C@@]1(C)O. The molecule has 0 spiro atoms. The number of ether oxygens (including phenoxy) is 3. The fourth-order valence-electron chi connectivity index (χ4n) is 5.65. The van der Waals surface area contributed by atoms with Gasteiger partial charge in [0.05, 0.1) is 13.7 Å². The molecule has 270 valence electrons. The number of anilines is 1. The number of nitrogens with zero attached hydrogens (tertiary/aromatic N) is 4. The maximum absolute atomic E-state index is 14.8. The van der Waals surface area contributed by atoms with Crippen LogP contribution in [0.25, 0.3) is 21.9 Å². The number of carbonyl (C=O) groups is 1. The maximum Gasteiger partial charge on any atom is 0.459 e. The van der Waals surface area contributed by atoms with E-state index < -0.39 is 50.4 Å². The van der Waals surface area contributed by atoms with Crippen molar-refractivity contribution in [1.82, 2.24) is 24.6 Å². The zero-order valence-electron chi connectivity index (χ0n) is 27.7. The molecule has 1 saturated heterocycles. The van der Waals surface area contributed by atoms with Crippen LogP contribution < -0.4 is 24.8 Å². The lowest BCUT2D eigenvalue weighted by molar-refractivity contribution is -0.136. The van der Waals surface area contributed by atoms with E-state index in [2.05, 4.69) is 20.0 Å². The third kappa shape index (κ3) is 7.95. The minimum Gasteiger partial charge on any atom is -0.479 e. The van der Waals surface area contributed by atoms with Gasteiger partial charge < -0.3 is 34.7 Å². The van der Waals surface area contributed by atoms with Crippen LogP contribution in [0, 0.1) is 3.83 Å². The first-order valence-electron chi connectivity index (χ1n) is 15.7. The summed E-state index contributed by atoms with van der Waals surface area (Å²) >= 11 is 3.42. The van der Waals surface area contributed by atoms with Crippen LogP contribution in [0.5, 0.6) is 17.4 Å². The number of imidazole rings is 1. The van der Waals surface area contributed by atoms with Gasteiger partial charge in [-0.05, 0) is 48.9 Å². The Kier molecular flexibility index (Phi) is 11.4. The van der Waals surface area contributed by atoms with Crippen molar-refractivity contribution in [1.29, 1.82) is 0 Å². The Morgan fingerprint density at radius 1 is 1.14 bits per heavy atom. The molecule has 6 atom stereocenters. The summed E-state index contributed by atoms with van der Waals surface area (Å²) in [5.41, 5.74) is 4.46. The van der Waals surface area contributed by atoms with Crippen molar-refractivity contribution >= 4 is 76.0 Å². The van der Waals surface area contributed by atoms with E-state index in [9.17, 15) is 19.6 Å². The largest absolute Gasteiger partial charge is 0.479 e. The van der Waals surface area contributed by atoms with Crippen molar-refractivity contribution < 1.29 is 42.8 Å². The highest BCUT2D eigenvalue weighted by molar-refractivity contribution is 14.1. The summed E-state index contributed by atoms with van der Waals surface area (Å²) in [6.45, 7) is 0.851. The van der Waals surface area contributed by atoms with Gasteiger partial charge in [0.15, 0.2) is 21.2 Å². The molecular formula is C33H36IN6O9PS. The van der Waals surface area contributed by atoms with Gasteiger partial charge in [-0.25, -0.2) is 14.3 Å². The number of hydrogen-bond acceptors (Lipinski definition) is 14. The monoisotopic (exact) mass is 850 g/mol. The van der Waals surface area contributed by atoms with Crippen molar-refractivity contribution in [2.45, 2.75) is 43.4 Å². The molecule has 5 aromatic rings. The molecule has 15 nitrogen and oxygen atoms in total. The molecule has 51 heavy (non-hydrogen) atoms. The van der Waals surface area contributed by atoms with Gasteiger partial charge in [-0.2, -0.15) is 26.8 Å². The number of nitrogen functional groups attached to an aromatic ring is 1. The molecule has 1 unspecified atom stereocenters. The Morgan fingerprint density at radius 2 is 1.86 bits per heavy atom. The standard InChI is InChI=1S/C33H36IN6O9PS/c1-33(43)26(41)24(48-30(33)40-27-25(36-31(40)34)28(45-2)38-32(35)37-27)18-46-50(44,49-23-15-9-11-19-10-7-8-14-21(19)23)39-22(16-17-51-3)29(42)47-20-12-5-4-6-13-20/h4-15,22,24,26,30,41,43H,16-18H2,1-3H3,(H,39,44)(H2,35,37,38)/t22-,24+,26+,30+,33+,50?/m0/s1. The Labute approximate surface area is 310 Å². The van der Waals surface area contributed by atoms with Crippen LogP contribution in [-0.2, 0) is 18.6 Å². The number of halogens is 1. The number of fused-ring (bicyclic) bond motifs is 2. The first kappa shape index (κ1) is 37.2. The smallest absolute Gasteiger partial charge is 0.459 e. The summed E-state index contributed by atoms with van der Waals surface area (Å²) in [7, 11) is -3.07. The molecule has 3 aromatic carbocycles. The van der Waals surface area contributed by atoms with Gasteiger partial charge in [-0.3, -0.25) is 9.09 Å². The Hall–Kier alpha value is -3.55. The predicted octanol–water partition coefficient (Wildman–Crippen LogP) is 4.70. The summed E-state index contributed by atoms with van der Waals surface area (Å²) < 4.78 is 45.9. The second-order valence-electron chi connectivity index (χ2n) is 11.8. The van der Waals surface area contributed by atoms with Crippen molar-refractivity contribution in [3.8, 4) is 17.4 Å². The third-order valence-electron chi connectivity index (χ3n) is 8.21. The average Bonchev–Trinajstić information content (AvgIpc) is 3.55. The fraction of sp³-hybridized carbons (Fsp3) is 0.333. The molecule has 0 radical (unpaired) electrons. The van der Waals surface area contributed by atoms with Crippen LogP contribution >= 0.6 is 42.1 Å². The zero-order valence-corrected chi connectivity index (χ0v) is 31.6. The lowest BCUT2D eigenvalue weighted by Gasteiger charge is -2.28. The van der Waals surface area contributed by atoms with Crippen molar-refractivity contribution in [3.05, 3.63) is 76.6 Å². The second kappa shape index (κ2) is 15.6. The van der Waals surface area contributed by atoms with Gasteiger partial charge in [0.1, 0.15) is 35.3 Å². The zero-order chi connectivity index (χ0) is 36.3. The number of para-hydroxylation sites is 1. The highest BCUT2D eigenvalue weighted by Crippen LogP contribution is 2.49. The van der Waals surface area contributed by atoms with E-state index >= 15 is 0 Å². The third-order valence-corrected chi connectivity index (χ3v) is 11.2. The first-order chi connectivity index (χ1) is 24.4. The van der Waals surface area contributed by atoms with Gasteiger partial charge in [0.2, 0.25) is 11.8 Å².